The quantitative estimate of drug-likeness (QED) is 0.285. The van der Waals surface area contributed by atoms with Crippen molar-refractivity contribution in [3.8, 4) is 0 Å². The van der Waals surface area contributed by atoms with Gasteiger partial charge >= 0.3 is 0 Å². The Morgan fingerprint density at radius 3 is 2.71 bits per heavy atom. The molecule has 8 heteroatoms. The van der Waals surface area contributed by atoms with Gasteiger partial charge in [0.05, 0.1) is 10.5 Å². The average molecular weight is 491 g/mol. The third-order valence-corrected chi connectivity index (χ3v) is 7.69. The number of pyridine rings is 1. The number of rotatable bonds is 6. The molecule has 2 aliphatic heterocycles. The molecule has 1 fully saturated rings. The average Bonchev–Trinajstić information content (AvgIpc) is 3.13. The van der Waals surface area contributed by atoms with Crippen molar-refractivity contribution in [1.29, 1.82) is 0 Å². The van der Waals surface area contributed by atoms with E-state index in [2.05, 4.69) is 30.0 Å². The topological polar surface area (TPSA) is 57.9 Å². The van der Waals surface area contributed by atoms with Crippen LogP contribution in [0.1, 0.15) is 42.9 Å². The monoisotopic (exact) mass is 490 g/mol. The van der Waals surface area contributed by atoms with Gasteiger partial charge in [-0.15, -0.1) is 0 Å². The van der Waals surface area contributed by atoms with Crippen LogP contribution in [0, 0.1) is 0 Å². The van der Waals surface area contributed by atoms with E-state index >= 15 is 0 Å². The molecule has 0 unspecified atom stereocenters. The third kappa shape index (κ3) is 4.28. The normalized spacial score (nSPS) is 17.1. The van der Waals surface area contributed by atoms with Gasteiger partial charge in [-0.3, -0.25) is 18.9 Å². The molecule has 0 saturated carbocycles. The summed E-state index contributed by atoms with van der Waals surface area (Å²) in [6.07, 6.45) is 7.33. The van der Waals surface area contributed by atoms with Gasteiger partial charge in [-0.2, -0.15) is 0 Å². The van der Waals surface area contributed by atoms with Gasteiger partial charge in [0.1, 0.15) is 15.8 Å². The van der Waals surface area contributed by atoms with Gasteiger partial charge in [0.15, 0.2) is 0 Å². The molecule has 34 heavy (non-hydrogen) atoms. The van der Waals surface area contributed by atoms with Crippen LogP contribution in [0.5, 0.6) is 0 Å². The molecule has 1 aromatic carbocycles. The van der Waals surface area contributed by atoms with Crippen molar-refractivity contribution in [3.63, 3.8) is 0 Å². The molecule has 6 nitrogen and oxygen atoms in total. The van der Waals surface area contributed by atoms with Gasteiger partial charge in [0.2, 0.25) is 0 Å². The highest BCUT2D eigenvalue weighted by molar-refractivity contribution is 8.26. The van der Waals surface area contributed by atoms with Crippen LogP contribution in [0.25, 0.3) is 11.7 Å². The Morgan fingerprint density at radius 1 is 1.09 bits per heavy atom. The largest absolute Gasteiger partial charge is 0.351 e. The molecule has 2 aromatic heterocycles. The van der Waals surface area contributed by atoms with Gasteiger partial charge in [-0.1, -0.05) is 74.1 Å². The molecule has 3 aromatic rings. The zero-order chi connectivity index (χ0) is 23.7. The van der Waals surface area contributed by atoms with Gasteiger partial charge in [0, 0.05) is 25.8 Å². The van der Waals surface area contributed by atoms with Gasteiger partial charge in [-0.25, -0.2) is 4.98 Å². The van der Waals surface area contributed by atoms with Crippen LogP contribution in [-0.4, -0.2) is 37.6 Å². The minimum atomic E-state index is -0.185. The van der Waals surface area contributed by atoms with E-state index < -0.39 is 0 Å². The second kappa shape index (κ2) is 9.72. The highest BCUT2D eigenvalue weighted by atomic mass is 32.2. The fraction of sp³-hybridized carbons (Fsp3) is 0.308. The number of carbonyl (C=O) groups excluding carboxylic acids is 1. The molecule has 0 bridgehead atoms. The van der Waals surface area contributed by atoms with Crippen LogP contribution in [0.4, 0.5) is 5.82 Å². The number of nitrogens with zero attached hydrogens (tertiary/aromatic N) is 4. The van der Waals surface area contributed by atoms with Crippen molar-refractivity contribution >= 4 is 51.7 Å². The number of unbranched alkanes of at least 4 members (excludes halogenated alkanes) is 2. The zero-order valence-electron chi connectivity index (χ0n) is 19.1. The van der Waals surface area contributed by atoms with Gasteiger partial charge in [0.25, 0.3) is 11.5 Å². The fourth-order valence-electron chi connectivity index (χ4n) is 4.48. The molecule has 1 saturated heterocycles. The van der Waals surface area contributed by atoms with Crippen molar-refractivity contribution < 1.29 is 4.79 Å². The second-order valence-electron chi connectivity index (χ2n) is 8.56. The zero-order valence-corrected chi connectivity index (χ0v) is 20.7. The van der Waals surface area contributed by atoms with Crippen molar-refractivity contribution in [2.45, 2.75) is 39.2 Å². The maximum Gasteiger partial charge on any atom is 0.267 e. The summed E-state index contributed by atoms with van der Waals surface area (Å²) in [7, 11) is 0. The molecule has 0 atom stereocenters. The first-order valence-electron chi connectivity index (χ1n) is 11.7. The third-order valence-electron chi connectivity index (χ3n) is 6.31. The van der Waals surface area contributed by atoms with Crippen molar-refractivity contribution in [2.75, 3.05) is 18.0 Å². The number of amides is 1. The van der Waals surface area contributed by atoms with Gasteiger partial charge in [-0.05, 0) is 42.2 Å². The van der Waals surface area contributed by atoms with E-state index in [4.69, 9.17) is 17.2 Å². The Labute approximate surface area is 208 Å². The summed E-state index contributed by atoms with van der Waals surface area (Å²) in [6.45, 7) is 4.17. The smallest absolute Gasteiger partial charge is 0.267 e. The molecular formula is C26H26N4O2S2. The Morgan fingerprint density at radius 2 is 1.88 bits per heavy atom. The first-order valence-corrected chi connectivity index (χ1v) is 12.9. The summed E-state index contributed by atoms with van der Waals surface area (Å²) in [5.74, 6) is 0.487. The predicted octanol–water partition coefficient (Wildman–Crippen LogP) is 4.65. The van der Waals surface area contributed by atoms with Crippen molar-refractivity contribution in [3.05, 3.63) is 80.6 Å². The van der Waals surface area contributed by atoms with E-state index in [1.54, 1.807) is 17.2 Å². The molecule has 174 valence electrons. The summed E-state index contributed by atoms with van der Waals surface area (Å²) < 4.78 is 2.09. The first kappa shape index (κ1) is 22.8. The lowest BCUT2D eigenvalue weighted by atomic mass is 9.99. The fourth-order valence-corrected chi connectivity index (χ4v) is 5.77. The molecule has 0 spiro atoms. The molecule has 5 rings (SSSR count). The first-order chi connectivity index (χ1) is 16.6. The van der Waals surface area contributed by atoms with Crippen LogP contribution in [0.15, 0.2) is 58.4 Å². The Hall–Kier alpha value is -2.97. The molecular weight excluding hydrogens is 464 g/mol. The van der Waals surface area contributed by atoms with E-state index in [0.29, 0.717) is 39.3 Å². The Bertz CT molecular complexity index is 1360. The van der Waals surface area contributed by atoms with Crippen LogP contribution in [-0.2, 0) is 17.8 Å². The van der Waals surface area contributed by atoms with E-state index in [9.17, 15) is 9.59 Å². The Kier molecular flexibility index (Phi) is 6.52. The molecule has 1 amide bonds. The van der Waals surface area contributed by atoms with E-state index in [0.717, 1.165) is 32.2 Å². The minimum Gasteiger partial charge on any atom is -0.351 e. The number of benzene rings is 1. The van der Waals surface area contributed by atoms with Crippen LogP contribution in [0.2, 0.25) is 0 Å². The number of anilines is 1. The molecule has 2 aliphatic rings. The van der Waals surface area contributed by atoms with Crippen LogP contribution < -0.4 is 10.5 Å². The number of fused-ring (bicyclic) bond motifs is 2. The standard InChI is InChI=1S/C26H26N4O2S2/c1-2-3-7-14-30-25(32)21(34-26(30)33)16-20-23(27-22-11-6-8-13-29(22)24(20)31)28-15-12-18-9-4-5-10-19(18)17-28/h4-6,8-11,13,16H,2-3,7,12,14-15,17H2,1H3/b21-16-. The second-order valence-corrected chi connectivity index (χ2v) is 10.2. The Balaban J connectivity index is 1.57. The molecule has 0 aliphatic carbocycles. The number of carbonyl (C=O) groups is 1. The summed E-state index contributed by atoms with van der Waals surface area (Å²) >= 11 is 6.76. The lowest BCUT2D eigenvalue weighted by molar-refractivity contribution is -0.122. The molecule has 4 heterocycles. The van der Waals surface area contributed by atoms with Crippen LogP contribution >= 0.6 is 24.0 Å². The predicted molar refractivity (Wildman–Crippen MR) is 142 cm³/mol. The molecule has 0 radical (unpaired) electrons. The highest BCUT2D eigenvalue weighted by Gasteiger charge is 2.32. The summed E-state index contributed by atoms with van der Waals surface area (Å²) in [6, 6.07) is 13.9. The van der Waals surface area contributed by atoms with Crippen molar-refractivity contribution in [1.82, 2.24) is 14.3 Å². The van der Waals surface area contributed by atoms with E-state index in [-0.39, 0.29) is 11.5 Å². The number of thiocarbonyl (C=S) groups is 1. The molecule has 0 N–H and O–H groups in total. The maximum atomic E-state index is 13.6. The number of hydrogen-bond acceptors (Lipinski definition) is 6. The minimum absolute atomic E-state index is 0.126. The van der Waals surface area contributed by atoms with Crippen molar-refractivity contribution in [2.24, 2.45) is 0 Å². The number of hydrogen-bond donors (Lipinski definition) is 0. The lowest BCUT2D eigenvalue weighted by Gasteiger charge is -2.30. The summed E-state index contributed by atoms with van der Waals surface area (Å²) in [5, 5.41) is 0. The SMILES string of the molecule is CCCCCN1C(=O)/C(=C/c2c(N3CCc4ccccc4C3)nc3ccccn3c2=O)SC1=S. The van der Waals surface area contributed by atoms with Crippen LogP contribution in [0.3, 0.4) is 0 Å². The summed E-state index contributed by atoms with van der Waals surface area (Å²) in [4.78, 5) is 35.9. The number of thioether (sulfide) groups is 1. The maximum absolute atomic E-state index is 13.6. The lowest BCUT2D eigenvalue weighted by Crippen LogP contribution is -2.34. The summed E-state index contributed by atoms with van der Waals surface area (Å²) in [5.41, 5.74) is 3.39. The van der Waals surface area contributed by atoms with Gasteiger partial charge < -0.3 is 4.90 Å². The van der Waals surface area contributed by atoms with E-state index in [1.165, 1.54) is 27.3 Å². The van der Waals surface area contributed by atoms with E-state index in [1.807, 2.05) is 24.3 Å². The highest BCUT2D eigenvalue weighted by Crippen LogP contribution is 2.34. The number of aromatic nitrogens is 2.